The fourth-order valence-corrected chi connectivity index (χ4v) is 3.92. The second kappa shape index (κ2) is 8.62. The summed E-state index contributed by atoms with van der Waals surface area (Å²) in [4.78, 5) is 20.3. The van der Waals surface area contributed by atoms with Gasteiger partial charge in [-0.05, 0) is 30.7 Å². The van der Waals surface area contributed by atoms with E-state index in [-0.39, 0.29) is 17.4 Å². The SMILES string of the molecule is CC(C)(C)c1cnc(CSc2cnn(N[C@@H]3CCN(C(=O)c4ccc(N)cc4)C3)n2)o1. The standard InChI is InChI=1S/C21H27N7O2S/c1-21(2,3)17-10-23-18(30-17)13-31-19-11-24-28(26-19)25-16-8-9-27(12-16)20(29)14-4-6-15(22)7-5-14/h4-7,10-11,16,25H,8-9,12-13,22H2,1-3H3/t16-/m1/s1. The van der Waals surface area contributed by atoms with Crippen LogP contribution in [0.3, 0.4) is 0 Å². The highest BCUT2D eigenvalue weighted by Crippen LogP contribution is 2.26. The number of nitrogen functional groups attached to an aromatic ring is 1. The normalized spacial score (nSPS) is 16.6. The van der Waals surface area contributed by atoms with E-state index in [2.05, 4.69) is 41.4 Å². The predicted octanol–water partition coefficient (Wildman–Crippen LogP) is 2.90. The molecule has 2 aromatic heterocycles. The molecule has 3 N–H and O–H groups in total. The van der Waals surface area contributed by atoms with Crippen LogP contribution in [0.5, 0.6) is 0 Å². The minimum atomic E-state index is -0.0621. The average Bonchev–Trinajstić information content (AvgIpc) is 3.47. The van der Waals surface area contributed by atoms with Crippen LogP contribution in [0.1, 0.15) is 49.2 Å². The molecule has 9 nitrogen and oxygen atoms in total. The van der Waals surface area contributed by atoms with E-state index in [4.69, 9.17) is 10.2 Å². The molecular formula is C21H27N7O2S. The summed E-state index contributed by atoms with van der Waals surface area (Å²) in [6.07, 6.45) is 4.32. The van der Waals surface area contributed by atoms with E-state index in [1.165, 1.54) is 16.7 Å². The number of carbonyl (C=O) groups is 1. The first-order valence-corrected chi connectivity index (χ1v) is 11.2. The third-order valence-corrected chi connectivity index (χ3v) is 5.91. The van der Waals surface area contributed by atoms with Gasteiger partial charge in [0.1, 0.15) is 10.8 Å². The minimum absolute atomic E-state index is 0.00884. The van der Waals surface area contributed by atoms with E-state index in [0.717, 1.165) is 17.2 Å². The summed E-state index contributed by atoms with van der Waals surface area (Å²) >= 11 is 1.51. The van der Waals surface area contributed by atoms with Crippen molar-refractivity contribution in [3.05, 3.63) is 53.9 Å². The number of anilines is 1. The maximum atomic E-state index is 12.6. The molecule has 1 aromatic carbocycles. The van der Waals surface area contributed by atoms with Crippen LogP contribution in [-0.4, -0.2) is 50.0 Å². The third kappa shape index (κ3) is 5.19. The van der Waals surface area contributed by atoms with Crippen LogP contribution in [0.4, 0.5) is 5.69 Å². The highest BCUT2D eigenvalue weighted by atomic mass is 32.2. The Balaban J connectivity index is 1.28. The fourth-order valence-electron chi connectivity index (χ4n) is 3.26. The Labute approximate surface area is 185 Å². The van der Waals surface area contributed by atoms with Crippen LogP contribution >= 0.6 is 11.8 Å². The number of benzene rings is 1. The summed E-state index contributed by atoms with van der Waals surface area (Å²) in [5.41, 5.74) is 10.2. The Bertz CT molecular complexity index is 1040. The summed E-state index contributed by atoms with van der Waals surface area (Å²) in [6, 6.07) is 7.09. The molecule has 10 heteroatoms. The number of thioether (sulfide) groups is 1. The molecular weight excluding hydrogens is 414 g/mol. The van der Waals surface area contributed by atoms with Gasteiger partial charge in [0.05, 0.1) is 24.2 Å². The van der Waals surface area contributed by atoms with E-state index in [1.807, 2.05) is 4.90 Å². The molecule has 3 heterocycles. The lowest BCUT2D eigenvalue weighted by Crippen LogP contribution is -2.35. The first-order chi connectivity index (χ1) is 14.8. The Morgan fingerprint density at radius 2 is 2.06 bits per heavy atom. The van der Waals surface area contributed by atoms with Crippen molar-refractivity contribution >= 4 is 23.4 Å². The van der Waals surface area contributed by atoms with Gasteiger partial charge >= 0.3 is 0 Å². The molecule has 1 fully saturated rings. The zero-order valence-corrected chi connectivity index (χ0v) is 18.7. The number of carbonyl (C=O) groups excluding carboxylic acids is 1. The number of rotatable bonds is 6. The number of aromatic nitrogens is 4. The Morgan fingerprint density at radius 3 is 2.77 bits per heavy atom. The van der Waals surface area contributed by atoms with E-state index >= 15 is 0 Å². The van der Waals surface area contributed by atoms with Gasteiger partial charge in [0.25, 0.3) is 5.91 Å². The topological polar surface area (TPSA) is 115 Å². The largest absolute Gasteiger partial charge is 0.444 e. The number of likely N-dealkylation sites (tertiary alicyclic amines) is 1. The number of nitrogens with one attached hydrogen (secondary N) is 1. The predicted molar refractivity (Wildman–Crippen MR) is 119 cm³/mol. The van der Waals surface area contributed by atoms with Crippen LogP contribution in [0, 0.1) is 0 Å². The molecule has 164 valence electrons. The van der Waals surface area contributed by atoms with Crippen LogP contribution in [-0.2, 0) is 11.2 Å². The number of hydrogen-bond donors (Lipinski definition) is 2. The Kier molecular flexibility index (Phi) is 5.90. The molecule has 1 amide bonds. The van der Waals surface area contributed by atoms with Gasteiger partial charge in [-0.25, -0.2) is 4.98 Å². The molecule has 0 bridgehead atoms. The Hall–Kier alpha value is -3.01. The lowest BCUT2D eigenvalue weighted by molar-refractivity contribution is 0.0791. The summed E-state index contributed by atoms with van der Waals surface area (Å²) in [5.74, 6) is 2.13. The molecule has 0 spiro atoms. The molecule has 0 unspecified atom stereocenters. The van der Waals surface area contributed by atoms with Crippen molar-refractivity contribution in [2.45, 2.75) is 49.4 Å². The number of oxazole rings is 1. The van der Waals surface area contributed by atoms with E-state index in [9.17, 15) is 4.79 Å². The van der Waals surface area contributed by atoms with Gasteiger partial charge in [-0.3, -0.25) is 10.2 Å². The summed E-state index contributed by atoms with van der Waals surface area (Å²) < 4.78 is 5.81. The van der Waals surface area contributed by atoms with Crippen LogP contribution in [0.2, 0.25) is 0 Å². The second-order valence-corrected chi connectivity index (χ2v) is 9.61. The first-order valence-electron chi connectivity index (χ1n) is 10.2. The molecule has 1 aliphatic heterocycles. The lowest BCUT2D eigenvalue weighted by atomic mass is 9.94. The zero-order valence-electron chi connectivity index (χ0n) is 17.9. The molecule has 3 aromatic rings. The number of nitrogens with two attached hydrogens (primary N) is 1. The van der Waals surface area contributed by atoms with Gasteiger partial charge in [0.15, 0.2) is 0 Å². The molecule has 1 atom stereocenters. The monoisotopic (exact) mass is 441 g/mol. The van der Waals surface area contributed by atoms with Crippen molar-refractivity contribution in [2.24, 2.45) is 0 Å². The highest BCUT2D eigenvalue weighted by molar-refractivity contribution is 7.98. The van der Waals surface area contributed by atoms with E-state index < -0.39 is 0 Å². The van der Waals surface area contributed by atoms with Crippen molar-refractivity contribution < 1.29 is 9.21 Å². The summed E-state index contributed by atoms with van der Waals surface area (Å²) in [7, 11) is 0. The van der Waals surface area contributed by atoms with Gasteiger partial charge < -0.3 is 15.1 Å². The first kappa shape index (κ1) is 21.2. The van der Waals surface area contributed by atoms with Crippen molar-refractivity contribution in [1.82, 2.24) is 25.0 Å². The molecule has 4 rings (SSSR count). The fraction of sp³-hybridized carbons (Fsp3) is 0.429. The quantitative estimate of drug-likeness (QED) is 0.443. The Morgan fingerprint density at radius 1 is 1.29 bits per heavy atom. The zero-order chi connectivity index (χ0) is 22.0. The van der Waals surface area contributed by atoms with Gasteiger partial charge in [0, 0.05) is 29.8 Å². The van der Waals surface area contributed by atoms with Crippen LogP contribution in [0.15, 0.2) is 46.1 Å². The van der Waals surface area contributed by atoms with Crippen molar-refractivity contribution in [3.63, 3.8) is 0 Å². The van der Waals surface area contributed by atoms with Crippen molar-refractivity contribution in [3.8, 4) is 0 Å². The number of hydrogen-bond acceptors (Lipinski definition) is 8. The summed E-state index contributed by atoms with van der Waals surface area (Å²) in [6.45, 7) is 7.56. The van der Waals surface area contributed by atoms with Gasteiger partial charge in [0.2, 0.25) is 5.89 Å². The summed E-state index contributed by atoms with van der Waals surface area (Å²) in [5, 5.41) is 9.51. The van der Waals surface area contributed by atoms with Gasteiger partial charge in [-0.1, -0.05) is 37.4 Å². The number of nitrogens with zero attached hydrogens (tertiary/aromatic N) is 5. The minimum Gasteiger partial charge on any atom is -0.444 e. The van der Waals surface area contributed by atoms with Gasteiger partial charge in [-0.15, -0.1) is 10.2 Å². The second-order valence-electron chi connectivity index (χ2n) is 8.62. The third-order valence-electron chi connectivity index (χ3n) is 5.04. The molecule has 1 aliphatic rings. The van der Waals surface area contributed by atoms with Crippen LogP contribution < -0.4 is 11.2 Å². The maximum Gasteiger partial charge on any atom is 0.253 e. The van der Waals surface area contributed by atoms with Crippen molar-refractivity contribution in [1.29, 1.82) is 0 Å². The molecule has 0 aliphatic carbocycles. The van der Waals surface area contributed by atoms with Crippen molar-refractivity contribution in [2.75, 3.05) is 24.2 Å². The maximum absolute atomic E-state index is 12.6. The van der Waals surface area contributed by atoms with Gasteiger partial charge in [-0.2, -0.15) is 0 Å². The average molecular weight is 442 g/mol. The molecule has 0 radical (unpaired) electrons. The molecule has 1 saturated heterocycles. The highest BCUT2D eigenvalue weighted by Gasteiger charge is 2.27. The lowest BCUT2D eigenvalue weighted by Gasteiger charge is -2.17. The van der Waals surface area contributed by atoms with Crippen LogP contribution in [0.25, 0.3) is 0 Å². The smallest absolute Gasteiger partial charge is 0.253 e. The molecule has 0 saturated carbocycles. The van der Waals surface area contributed by atoms with E-state index in [1.54, 1.807) is 36.7 Å². The van der Waals surface area contributed by atoms with E-state index in [0.29, 0.717) is 36.0 Å². The number of amides is 1. The molecule has 31 heavy (non-hydrogen) atoms.